The Bertz CT molecular complexity index is 334. The molecule has 0 aliphatic rings. The van der Waals surface area contributed by atoms with Crippen molar-refractivity contribution in [2.75, 3.05) is 0 Å². The van der Waals surface area contributed by atoms with Crippen LogP contribution in [-0.2, 0) is 0 Å². The molecule has 70 valence electrons. The molecule has 0 fully saturated rings. The van der Waals surface area contributed by atoms with Gasteiger partial charge in [-0.3, -0.25) is 4.79 Å². The van der Waals surface area contributed by atoms with E-state index >= 15 is 0 Å². The molecule has 1 amide bonds. The summed E-state index contributed by atoms with van der Waals surface area (Å²) in [5.41, 5.74) is 6.91. The van der Waals surface area contributed by atoms with Gasteiger partial charge in [-0.2, -0.15) is 0 Å². The molecular formula is C9H13N3O. The summed E-state index contributed by atoms with van der Waals surface area (Å²) in [7, 11) is 0. The summed E-state index contributed by atoms with van der Waals surface area (Å²) in [4.78, 5) is 18.6. The second kappa shape index (κ2) is 3.51. The van der Waals surface area contributed by atoms with E-state index in [2.05, 4.69) is 23.8 Å². The van der Waals surface area contributed by atoms with Gasteiger partial charge in [-0.15, -0.1) is 0 Å². The molecule has 0 spiro atoms. The monoisotopic (exact) mass is 179 g/mol. The van der Waals surface area contributed by atoms with E-state index in [9.17, 15) is 4.79 Å². The summed E-state index contributed by atoms with van der Waals surface area (Å²) in [6, 6.07) is 0. The van der Waals surface area contributed by atoms with Crippen molar-refractivity contribution < 1.29 is 4.79 Å². The van der Waals surface area contributed by atoms with Crippen LogP contribution in [-0.4, -0.2) is 15.9 Å². The van der Waals surface area contributed by atoms with Crippen molar-refractivity contribution in [3.63, 3.8) is 0 Å². The number of carbonyl (C=O) groups is 1. The normalized spacial score (nSPS) is 10.5. The molecule has 1 aromatic heterocycles. The SMILES string of the molecule is Cc1nc(C(N)=O)ncc1C(C)C. The van der Waals surface area contributed by atoms with Crippen LogP contribution in [0.15, 0.2) is 6.20 Å². The highest BCUT2D eigenvalue weighted by molar-refractivity contribution is 5.88. The van der Waals surface area contributed by atoms with Crippen LogP contribution in [0, 0.1) is 6.92 Å². The maximum absolute atomic E-state index is 10.7. The van der Waals surface area contributed by atoms with E-state index in [0.29, 0.717) is 5.92 Å². The van der Waals surface area contributed by atoms with Gasteiger partial charge in [-0.1, -0.05) is 13.8 Å². The molecule has 1 heterocycles. The molecule has 4 nitrogen and oxygen atoms in total. The Balaban J connectivity index is 3.13. The first kappa shape index (κ1) is 9.64. The van der Waals surface area contributed by atoms with E-state index in [1.54, 1.807) is 6.20 Å². The first-order chi connectivity index (χ1) is 6.02. The first-order valence-corrected chi connectivity index (χ1v) is 4.15. The number of aryl methyl sites for hydroxylation is 1. The third-order valence-corrected chi connectivity index (χ3v) is 1.86. The summed E-state index contributed by atoms with van der Waals surface area (Å²) in [5, 5.41) is 0. The van der Waals surface area contributed by atoms with Crippen LogP contribution in [0.5, 0.6) is 0 Å². The Morgan fingerprint density at radius 1 is 1.54 bits per heavy atom. The van der Waals surface area contributed by atoms with Crippen molar-refractivity contribution in [2.24, 2.45) is 5.73 Å². The van der Waals surface area contributed by atoms with Gasteiger partial charge in [0.15, 0.2) is 0 Å². The Morgan fingerprint density at radius 2 is 2.15 bits per heavy atom. The summed E-state index contributed by atoms with van der Waals surface area (Å²) < 4.78 is 0. The summed E-state index contributed by atoms with van der Waals surface area (Å²) in [5.74, 6) is -0.137. The molecule has 0 aromatic carbocycles. The van der Waals surface area contributed by atoms with Crippen molar-refractivity contribution in [1.29, 1.82) is 0 Å². The largest absolute Gasteiger partial charge is 0.363 e. The number of primary amides is 1. The quantitative estimate of drug-likeness (QED) is 0.736. The first-order valence-electron chi connectivity index (χ1n) is 4.15. The lowest BCUT2D eigenvalue weighted by atomic mass is 10.0. The van der Waals surface area contributed by atoms with Crippen LogP contribution >= 0.6 is 0 Å². The zero-order valence-corrected chi connectivity index (χ0v) is 8.03. The fourth-order valence-electron chi connectivity index (χ4n) is 1.16. The number of nitrogens with zero attached hydrogens (tertiary/aromatic N) is 2. The Hall–Kier alpha value is -1.45. The van der Waals surface area contributed by atoms with Gasteiger partial charge in [0.25, 0.3) is 5.91 Å². The fraction of sp³-hybridized carbons (Fsp3) is 0.444. The Kier molecular flexibility index (Phi) is 2.60. The topological polar surface area (TPSA) is 68.9 Å². The van der Waals surface area contributed by atoms with E-state index < -0.39 is 5.91 Å². The summed E-state index contributed by atoms with van der Waals surface area (Å²) >= 11 is 0. The molecule has 13 heavy (non-hydrogen) atoms. The van der Waals surface area contributed by atoms with E-state index in [1.165, 1.54) is 0 Å². The van der Waals surface area contributed by atoms with Crippen LogP contribution in [0.2, 0.25) is 0 Å². The minimum Gasteiger partial charge on any atom is -0.363 e. The second-order valence-electron chi connectivity index (χ2n) is 3.25. The smallest absolute Gasteiger partial charge is 0.286 e. The van der Waals surface area contributed by atoms with Crippen molar-refractivity contribution in [1.82, 2.24) is 9.97 Å². The molecule has 4 heteroatoms. The number of nitrogens with two attached hydrogens (primary N) is 1. The standard InChI is InChI=1S/C9H13N3O/c1-5(2)7-4-11-9(8(10)13)12-6(7)3/h4-5H,1-3H3,(H2,10,13). The highest BCUT2D eigenvalue weighted by Gasteiger charge is 2.09. The van der Waals surface area contributed by atoms with Gasteiger partial charge >= 0.3 is 0 Å². The molecule has 0 aliphatic carbocycles. The Labute approximate surface area is 77.2 Å². The minimum absolute atomic E-state index is 0.0851. The zero-order chi connectivity index (χ0) is 10.0. The Morgan fingerprint density at radius 3 is 2.54 bits per heavy atom. The number of carbonyl (C=O) groups excluding carboxylic acids is 1. The maximum Gasteiger partial charge on any atom is 0.286 e. The number of hydrogen-bond donors (Lipinski definition) is 1. The van der Waals surface area contributed by atoms with Crippen LogP contribution < -0.4 is 5.73 Å². The second-order valence-corrected chi connectivity index (χ2v) is 3.25. The average Bonchev–Trinajstić information content (AvgIpc) is 2.03. The highest BCUT2D eigenvalue weighted by Crippen LogP contribution is 2.15. The van der Waals surface area contributed by atoms with Crippen molar-refractivity contribution in [3.8, 4) is 0 Å². The zero-order valence-electron chi connectivity index (χ0n) is 8.03. The van der Waals surface area contributed by atoms with Crippen molar-refractivity contribution in [2.45, 2.75) is 26.7 Å². The predicted molar refractivity (Wildman–Crippen MR) is 49.4 cm³/mol. The van der Waals surface area contributed by atoms with Gasteiger partial charge in [-0.25, -0.2) is 9.97 Å². The maximum atomic E-state index is 10.7. The summed E-state index contributed by atoms with van der Waals surface area (Å²) in [6.45, 7) is 5.95. The lowest BCUT2D eigenvalue weighted by Crippen LogP contribution is -2.16. The molecule has 0 aliphatic heterocycles. The van der Waals surface area contributed by atoms with Gasteiger partial charge < -0.3 is 5.73 Å². The number of rotatable bonds is 2. The van der Waals surface area contributed by atoms with Gasteiger partial charge in [0, 0.05) is 11.9 Å². The predicted octanol–water partition coefficient (Wildman–Crippen LogP) is 1.01. The van der Waals surface area contributed by atoms with Gasteiger partial charge in [0.2, 0.25) is 5.82 Å². The van der Waals surface area contributed by atoms with Crippen LogP contribution in [0.1, 0.15) is 41.6 Å². The average molecular weight is 179 g/mol. The number of amides is 1. The number of hydrogen-bond acceptors (Lipinski definition) is 3. The van der Waals surface area contributed by atoms with Crippen LogP contribution in [0.4, 0.5) is 0 Å². The number of aromatic nitrogens is 2. The fourth-order valence-corrected chi connectivity index (χ4v) is 1.16. The van der Waals surface area contributed by atoms with Gasteiger partial charge in [0.05, 0.1) is 0 Å². The van der Waals surface area contributed by atoms with E-state index in [0.717, 1.165) is 11.3 Å². The highest BCUT2D eigenvalue weighted by atomic mass is 16.1. The lowest BCUT2D eigenvalue weighted by molar-refractivity contribution is 0.0990. The molecule has 1 aromatic rings. The van der Waals surface area contributed by atoms with Crippen molar-refractivity contribution >= 4 is 5.91 Å². The molecule has 0 radical (unpaired) electrons. The molecule has 2 N–H and O–H groups in total. The molecule has 0 atom stereocenters. The minimum atomic E-state index is -0.585. The summed E-state index contributed by atoms with van der Waals surface area (Å²) in [6.07, 6.45) is 1.66. The van der Waals surface area contributed by atoms with E-state index in [4.69, 9.17) is 5.73 Å². The molecule has 0 bridgehead atoms. The van der Waals surface area contributed by atoms with E-state index in [1.807, 2.05) is 6.92 Å². The van der Waals surface area contributed by atoms with Gasteiger partial charge in [0.1, 0.15) is 0 Å². The van der Waals surface area contributed by atoms with Crippen LogP contribution in [0.25, 0.3) is 0 Å². The third kappa shape index (κ3) is 2.02. The lowest BCUT2D eigenvalue weighted by Gasteiger charge is -2.07. The van der Waals surface area contributed by atoms with Crippen LogP contribution in [0.3, 0.4) is 0 Å². The molecule has 1 rings (SSSR count). The molecule has 0 unspecified atom stereocenters. The molecular weight excluding hydrogens is 166 g/mol. The van der Waals surface area contributed by atoms with Crippen molar-refractivity contribution in [3.05, 3.63) is 23.3 Å². The van der Waals surface area contributed by atoms with Gasteiger partial charge in [-0.05, 0) is 18.4 Å². The molecule has 0 saturated carbocycles. The third-order valence-electron chi connectivity index (χ3n) is 1.86. The van der Waals surface area contributed by atoms with E-state index in [-0.39, 0.29) is 5.82 Å². The molecule has 0 saturated heterocycles.